The molecule has 0 bridgehead atoms. The first kappa shape index (κ1) is 10.1. The molecule has 66 valence electrons. The van der Waals surface area contributed by atoms with Crippen LogP contribution in [0.1, 0.15) is 13.8 Å². The maximum atomic E-state index is 11.3. The Morgan fingerprint density at radius 1 is 1.45 bits per heavy atom. The summed E-state index contributed by atoms with van der Waals surface area (Å²) in [6.45, 7) is 2.91. The normalized spacial score (nSPS) is 11.5. The van der Waals surface area contributed by atoms with Crippen LogP contribution in [0.5, 0.6) is 0 Å². The molecule has 0 unspecified atom stereocenters. The highest BCUT2D eigenvalue weighted by Crippen LogP contribution is 2.09. The molecule has 0 aliphatic rings. The van der Waals surface area contributed by atoms with E-state index in [9.17, 15) is 18.0 Å². The minimum Gasteiger partial charge on any atom is -0.447 e. The van der Waals surface area contributed by atoms with Crippen molar-refractivity contribution in [1.82, 2.24) is 5.32 Å². The van der Waals surface area contributed by atoms with E-state index < -0.39 is 18.5 Å². The maximum absolute atomic E-state index is 11.3. The fourth-order valence-corrected chi connectivity index (χ4v) is 0.359. The van der Waals surface area contributed by atoms with Crippen LogP contribution in [-0.4, -0.2) is 18.5 Å². The Hall–Kier alpha value is -0.940. The van der Waals surface area contributed by atoms with E-state index in [0.29, 0.717) is 5.32 Å². The second-order valence-electron chi connectivity index (χ2n) is 2.08. The molecule has 0 fully saturated rings. The smallest absolute Gasteiger partial charge is 0.447 e. The van der Waals surface area contributed by atoms with Gasteiger partial charge in [-0.25, -0.2) is 10.1 Å². The van der Waals surface area contributed by atoms with Gasteiger partial charge in [0, 0.05) is 0 Å². The predicted octanol–water partition coefficient (Wildman–Crippen LogP) is 1.64. The molecule has 0 saturated carbocycles. The molecule has 3 nitrogen and oxygen atoms in total. The Balaban J connectivity index is 3.71. The molecule has 1 amide bonds. The summed E-state index contributed by atoms with van der Waals surface area (Å²) in [5.41, 5.74) is 0. The summed E-state index contributed by atoms with van der Waals surface area (Å²) in [7, 11) is 0. The summed E-state index contributed by atoms with van der Waals surface area (Å²) in [5.74, 6) is 0. The van der Waals surface area contributed by atoms with Crippen molar-refractivity contribution in [2.75, 3.05) is 0 Å². The summed E-state index contributed by atoms with van der Waals surface area (Å²) in [4.78, 5) is 10.2. The molecule has 0 spiro atoms. The number of amides is 1. The van der Waals surface area contributed by atoms with Crippen LogP contribution >= 0.6 is 0 Å². The van der Waals surface area contributed by atoms with Crippen LogP contribution in [0, 0.1) is 0 Å². The third-order valence-electron chi connectivity index (χ3n) is 0.587. The number of carbonyl (C=O) groups is 1. The van der Waals surface area contributed by atoms with Crippen LogP contribution in [0.25, 0.3) is 0 Å². The summed E-state index contributed by atoms with van der Waals surface area (Å²) in [5, 5.41) is 0.689. The van der Waals surface area contributed by atoms with Gasteiger partial charge < -0.3 is 4.74 Å². The van der Waals surface area contributed by atoms with E-state index in [4.69, 9.17) is 0 Å². The number of alkyl carbamates (subject to hydrolysis) is 1. The van der Waals surface area contributed by atoms with Gasteiger partial charge in [0.05, 0.1) is 6.10 Å². The second-order valence-corrected chi connectivity index (χ2v) is 2.08. The Morgan fingerprint density at radius 3 is 2.18 bits per heavy atom. The zero-order chi connectivity index (χ0) is 9.07. The highest BCUT2D eigenvalue weighted by Gasteiger charge is 2.31. The van der Waals surface area contributed by atoms with E-state index in [1.165, 1.54) is 13.8 Å². The average Bonchev–Trinajstić information content (AvgIpc) is 1.53. The molecule has 0 atom stereocenters. The monoisotopic (exact) mass is 171 g/mol. The number of alkyl halides is 3. The number of carbonyl (C=O) groups excluding carboxylic acids is 1. The third kappa shape index (κ3) is 6.95. The van der Waals surface area contributed by atoms with E-state index in [-0.39, 0.29) is 0 Å². The van der Waals surface area contributed by atoms with Gasteiger partial charge in [-0.3, -0.25) is 0 Å². The van der Waals surface area contributed by atoms with Crippen LogP contribution < -0.4 is 5.32 Å². The molecule has 0 aliphatic carbocycles. The second kappa shape index (κ2) is 3.45. The Kier molecular flexibility index (Phi) is 3.16. The molecule has 0 rings (SSSR count). The van der Waals surface area contributed by atoms with E-state index >= 15 is 0 Å². The van der Waals surface area contributed by atoms with Crippen molar-refractivity contribution in [2.45, 2.75) is 26.3 Å². The van der Waals surface area contributed by atoms with Gasteiger partial charge in [-0.1, -0.05) is 0 Å². The molecule has 0 heterocycles. The van der Waals surface area contributed by atoms with Gasteiger partial charge in [-0.2, -0.15) is 13.2 Å². The Bertz CT molecular complexity index is 143. The molecule has 0 aliphatic heterocycles. The summed E-state index contributed by atoms with van der Waals surface area (Å²) >= 11 is 0. The number of nitrogens with one attached hydrogen (secondary N) is 1. The van der Waals surface area contributed by atoms with Gasteiger partial charge >= 0.3 is 12.4 Å². The molecule has 0 aromatic carbocycles. The van der Waals surface area contributed by atoms with Gasteiger partial charge in [0.25, 0.3) is 0 Å². The molecule has 0 radical (unpaired) electrons. The fourth-order valence-electron chi connectivity index (χ4n) is 0.359. The molecular formula is C5H8F3NO2. The SMILES string of the molecule is CC(C)OC(=O)NC(F)(F)F. The number of hydrogen-bond acceptors (Lipinski definition) is 2. The van der Waals surface area contributed by atoms with Gasteiger partial charge in [0.15, 0.2) is 0 Å². The molecule has 11 heavy (non-hydrogen) atoms. The van der Waals surface area contributed by atoms with Crippen LogP contribution in [0.15, 0.2) is 0 Å². The Labute approximate surface area is 61.5 Å². The number of halogens is 3. The van der Waals surface area contributed by atoms with Gasteiger partial charge in [-0.05, 0) is 13.8 Å². The van der Waals surface area contributed by atoms with Crippen molar-refractivity contribution in [3.05, 3.63) is 0 Å². The number of rotatable bonds is 1. The maximum Gasteiger partial charge on any atom is 0.487 e. The molecule has 0 aromatic rings. The lowest BCUT2D eigenvalue weighted by atomic mass is 10.5. The molecule has 0 saturated heterocycles. The van der Waals surface area contributed by atoms with Crippen LogP contribution in [0.3, 0.4) is 0 Å². The van der Waals surface area contributed by atoms with Crippen LogP contribution in [0.4, 0.5) is 18.0 Å². The molecular weight excluding hydrogens is 163 g/mol. The van der Waals surface area contributed by atoms with E-state index in [1.807, 2.05) is 0 Å². The van der Waals surface area contributed by atoms with E-state index in [0.717, 1.165) is 0 Å². The highest BCUT2D eigenvalue weighted by molar-refractivity contribution is 5.67. The number of hydrogen-bond donors (Lipinski definition) is 1. The molecule has 6 heteroatoms. The highest BCUT2D eigenvalue weighted by atomic mass is 19.4. The molecule has 0 aromatic heterocycles. The topological polar surface area (TPSA) is 38.3 Å². The van der Waals surface area contributed by atoms with Crippen molar-refractivity contribution < 1.29 is 22.7 Å². The largest absolute Gasteiger partial charge is 0.487 e. The quantitative estimate of drug-likeness (QED) is 0.609. The predicted molar refractivity (Wildman–Crippen MR) is 30.8 cm³/mol. The lowest BCUT2D eigenvalue weighted by Gasteiger charge is -2.10. The zero-order valence-electron chi connectivity index (χ0n) is 6.03. The zero-order valence-corrected chi connectivity index (χ0v) is 6.03. The Morgan fingerprint density at radius 2 is 1.91 bits per heavy atom. The van der Waals surface area contributed by atoms with E-state index in [1.54, 1.807) is 0 Å². The minimum atomic E-state index is -4.72. The van der Waals surface area contributed by atoms with Crippen molar-refractivity contribution in [1.29, 1.82) is 0 Å². The van der Waals surface area contributed by atoms with Gasteiger partial charge in [-0.15, -0.1) is 0 Å². The number of ether oxygens (including phenoxy) is 1. The summed E-state index contributed by atoms with van der Waals surface area (Å²) < 4.78 is 38.2. The lowest BCUT2D eigenvalue weighted by molar-refractivity contribution is -0.150. The van der Waals surface area contributed by atoms with Gasteiger partial charge in [0.1, 0.15) is 0 Å². The van der Waals surface area contributed by atoms with Crippen molar-refractivity contribution >= 4 is 6.09 Å². The third-order valence-corrected chi connectivity index (χ3v) is 0.587. The summed E-state index contributed by atoms with van der Waals surface area (Å²) in [6.07, 6.45) is -6.75. The fraction of sp³-hybridized carbons (Fsp3) is 0.800. The van der Waals surface area contributed by atoms with Crippen molar-refractivity contribution in [2.24, 2.45) is 0 Å². The average molecular weight is 171 g/mol. The van der Waals surface area contributed by atoms with Crippen molar-refractivity contribution in [3.63, 3.8) is 0 Å². The summed E-state index contributed by atoms with van der Waals surface area (Å²) in [6, 6.07) is 0. The first-order valence-electron chi connectivity index (χ1n) is 2.87. The van der Waals surface area contributed by atoms with Crippen molar-refractivity contribution in [3.8, 4) is 0 Å². The van der Waals surface area contributed by atoms with E-state index in [2.05, 4.69) is 4.74 Å². The van der Waals surface area contributed by atoms with Crippen LogP contribution in [-0.2, 0) is 4.74 Å². The first-order chi connectivity index (χ1) is 4.81. The van der Waals surface area contributed by atoms with Crippen LogP contribution in [0.2, 0.25) is 0 Å². The minimum absolute atomic E-state index is 0.558. The van der Waals surface area contributed by atoms with Gasteiger partial charge in [0.2, 0.25) is 0 Å². The standard InChI is InChI=1S/C5H8F3NO2/c1-3(2)11-4(10)9-5(6,7)8/h3H,1-2H3,(H,9,10). The lowest BCUT2D eigenvalue weighted by Crippen LogP contribution is -2.38. The first-order valence-corrected chi connectivity index (χ1v) is 2.87. The molecule has 1 N–H and O–H groups in total.